The van der Waals surface area contributed by atoms with Crippen LogP contribution in [0.5, 0.6) is 5.75 Å². The van der Waals surface area contributed by atoms with Gasteiger partial charge < -0.3 is 15.4 Å². The van der Waals surface area contributed by atoms with Crippen LogP contribution in [-0.2, 0) is 0 Å². The third-order valence-corrected chi connectivity index (χ3v) is 4.07. The van der Waals surface area contributed by atoms with E-state index in [1.54, 1.807) is 49.6 Å². The van der Waals surface area contributed by atoms with Gasteiger partial charge in [0, 0.05) is 11.6 Å². The van der Waals surface area contributed by atoms with Crippen molar-refractivity contribution in [3.8, 4) is 5.75 Å². The molecule has 1 atom stereocenters. The second-order valence-corrected chi connectivity index (χ2v) is 5.97. The number of rotatable bonds is 6. The minimum Gasteiger partial charge on any atom is -0.496 e. The van der Waals surface area contributed by atoms with Crippen LogP contribution >= 0.6 is 0 Å². The monoisotopic (exact) mass is 340 g/mol. The van der Waals surface area contributed by atoms with Gasteiger partial charge in [0.25, 0.3) is 11.8 Å². The summed E-state index contributed by atoms with van der Waals surface area (Å²) >= 11 is 0. The third kappa shape index (κ3) is 4.59. The molecule has 0 radical (unpaired) electrons. The van der Waals surface area contributed by atoms with Gasteiger partial charge in [0.15, 0.2) is 0 Å². The molecule has 0 spiro atoms. The van der Waals surface area contributed by atoms with E-state index in [4.69, 9.17) is 4.74 Å². The second kappa shape index (κ2) is 8.33. The molecule has 2 aromatic rings. The average molecular weight is 340 g/mol. The van der Waals surface area contributed by atoms with Crippen molar-refractivity contribution in [3.05, 3.63) is 59.2 Å². The topological polar surface area (TPSA) is 67.4 Å². The summed E-state index contributed by atoms with van der Waals surface area (Å²) in [6, 6.07) is 12.3. The summed E-state index contributed by atoms with van der Waals surface area (Å²) in [7, 11) is 1.59. The van der Waals surface area contributed by atoms with E-state index in [9.17, 15) is 9.59 Å². The van der Waals surface area contributed by atoms with Crippen molar-refractivity contribution in [2.24, 2.45) is 0 Å². The van der Waals surface area contributed by atoms with E-state index < -0.39 is 0 Å². The summed E-state index contributed by atoms with van der Waals surface area (Å²) in [5, 5.41) is 5.74. The predicted molar refractivity (Wildman–Crippen MR) is 99.3 cm³/mol. The van der Waals surface area contributed by atoms with Crippen molar-refractivity contribution >= 4 is 17.5 Å². The lowest BCUT2D eigenvalue weighted by atomic mass is 10.1. The number of hydrogen-bond acceptors (Lipinski definition) is 3. The number of benzene rings is 2. The van der Waals surface area contributed by atoms with Crippen LogP contribution in [0.1, 0.15) is 46.5 Å². The maximum absolute atomic E-state index is 12.5. The average Bonchev–Trinajstić information content (AvgIpc) is 2.61. The van der Waals surface area contributed by atoms with Gasteiger partial charge in [0.1, 0.15) is 5.75 Å². The molecule has 132 valence electrons. The van der Waals surface area contributed by atoms with Crippen LogP contribution in [0.3, 0.4) is 0 Å². The highest BCUT2D eigenvalue weighted by molar-refractivity contribution is 6.09. The highest BCUT2D eigenvalue weighted by atomic mass is 16.5. The Hall–Kier alpha value is -2.82. The highest BCUT2D eigenvalue weighted by Gasteiger charge is 2.15. The van der Waals surface area contributed by atoms with Gasteiger partial charge in [-0.1, -0.05) is 19.1 Å². The molecule has 2 amide bonds. The van der Waals surface area contributed by atoms with Crippen molar-refractivity contribution in [2.45, 2.75) is 33.2 Å². The van der Waals surface area contributed by atoms with E-state index in [-0.39, 0.29) is 17.9 Å². The molecular weight excluding hydrogens is 316 g/mol. The fraction of sp³-hybridized carbons (Fsp3) is 0.300. The zero-order chi connectivity index (χ0) is 18.4. The van der Waals surface area contributed by atoms with Crippen LogP contribution in [0.15, 0.2) is 42.5 Å². The van der Waals surface area contributed by atoms with Gasteiger partial charge in [-0.2, -0.15) is 0 Å². The van der Waals surface area contributed by atoms with Crippen molar-refractivity contribution < 1.29 is 14.3 Å². The minimum absolute atomic E-state index is 0.0699. The molecule has 0 saturated heterocycles. The van der Waals surface area contributed by atoms with E-state index in [0.29, 0.717) is 16.8 Å². The fourth-order valence-corrected chi connectivity index (χ4v) is 2.41. The number of carbonyl (C=O) groups excluding carboxylic acids is 2. The molecule has 0 aliphatic heterocycles. The fourth-order valence-electron chi connectivity index (χ4n) is 2.41. The molecule has 0 unspecified atom stereocenters. The number of anilines is 1. The maximum atomic E-state index is 12.5. The normalized spacial score (nSPS) is 11.5. The van der Waals surface area contributed by atoms with Crippen molar-refractivity contribution in [2.75, 3.05) is 12.4 Å². The molecule has 2 N–H and O–H groups in total. The molecule has 0 aliphatic carbocycles. The Kier molecular flexibility index (Phi) is 6.17. The number of ether oxygens (including phenoxy) is 1. The van der Waals surface area contributed by atoms with Gasteiger partial charge in [0.05, 0.1) is 18.4 Å². The lowest BCUT2D eigenvalue weighted by molar-refractivity contribution is 0.0940. The van der Waals surface area contributed by atoms with Crippen LogP contribution in [0.2, 0.25) is 0 Å². The number of methoxy groups -OCH3 is 1. The molecular formula is C20H24N2O3. The van der Waals surface area contributed by atoms with Crippen LogP contribution < -0.4 is 15.4 Å². The van der Waals surface area contributed by atoms with Gasteiger partial charge in [-0.3, -0.25) is 9.59 Å². The summed E-state index contributed by atoms with van der Waals surface area (Å²) in [6.45, 7) is 5.83. The quantitative estimate of drug-likeness (QED) is 0.841. The standard InChI is InChI=1S/C20H24N2O3/c1-5-14(3)21-20(24)16-8-6-7-9-17(16)22-19(23)15-10-11-18(25-4)13(2)12-15/h6-12,14H,5H2,1-4H3,(H,21,24)(H,22,23)/t14-/m0/s1. The number of amides is 2. The number of carbonyl (C=O) groups is 2. The highest BCUT2D eigenvalue weighted by Crippen LogP contribution is 2.21. The van der Waals surface area contributed by atoms with Crippen LogP contribution in [0.25, 0.3) is 0 Å². The summed E-state index contributed by atoms with van der Waals surface area (Å²) in [4.78, 5) is 24.9. The molecule has 2 aromatic carbocycles. The van der Waals surface area contributed by atoms with Gasteiger partial charge >= 0.3 is 0 Å². The lowest BCUT2D eigenvalue weighted by Crippen LogP contribution is -2.32. The molecule has 5 nitrogen and oxygen atoms in total. The number of hydrogen-bond donors (Lipinski definition) is 2. The molecule has 0 saturated carbocycles. The summed E-state index contributed by atoms with van der Waals surface area (Å²) in [6.07, 6.45) is 0.839. The molecule has 0 heterocycles. The van der Waals surface area contributed by atoms with Crippen LogP contribution in [-0.4, -0.2) is 25.0 Å². The first kappa shape index (κ1) is 18.5. The first-order valence-corrected chi connectivity index (χ1v) is 8.32. The Morgan fingerprint density at radius 1 is 1.12 bits per heavy atom. The predicted octanol–water partition coefficient (Wildman–Crippen LogP) is 3.78. The van der Waals surface area contributed by atoms with Gasteiger partial charge in [0.2, 0.25) is 0 Å². The Balaban J connectivity index is 2.21. The van der Waals surface area contributed by atoms with Crippen LogP contribution in [0.4, 0.5) is 5.69 Å². The number of nitrogens with one attached hydrogen (secondary N) is 2. The molecule has 0 bridgehead atoms. The molecule has 5 heteroatoms. The van der Waals surface area contributed by atoms with E-state index in [1.165, 1.54) is 0 Å². The Bertz CT molecular complexity index is 771. The van der Waals surface area contributed by atoms with Gasteiger partial charge in [-0.15, -0.1) is 0 Å². The van der Waals surface area contributed by atoms with E-state index in [1.807, 2.05) is 20.8 Å². The first-order chi connectivity index (χ1) is 12.0. The Labute approximate surface area is 148 Å². The zero-order valence-corrected chi connectivity index (χ0v) is 15.1. The number of aryl methyl sites for hydroxylation is 1. The van der Waals surface area contributed by atoms with E-state index in [2.05, 4.69) is 10.6 Å². The van der Waals surface area contributed by atoms with E-state index in [0.717, 1.165) is 17.7 Å². The molecule has 0 aromatic heterocycles. The summed E-state index contributed by atoms with van der Waals surface area (Å²) in [5.41, 5.74) is 2.32. The molecule has 0 fully saturated rings. The van der Waals surface area contributed by atoms with Crippen molar-refractivity contribution in [1.82, 2.24) is 5.32 Å². The van der Waals surface area contributed by atoms with E-state index >= 15 is 0 Å². The van der Waals surface area contributed by atoms with Crippen LogP contribution in [0, 0.1) is 6.92 Å². The SMILES string of the molecule is CC[C@H](C)NC(=O)c1ccccc1NC(=O)c1ccc(OC)c(C)c1. The lowest BCUT2D eigenvalue weighted by Gasteiger charge is -2.15. The van der Waals surface area contributed by atoms with Gasteiger partial charge in [-0.25, -0.2) is 0 Å². The number of para-hydroxylation sites is 1. The van der Waals surface area contributed by atoms with Crippen molar-refractivity contribution in [1.29, 1.82) is 0 Å². The summed E-state index contributed by atoms with van der Waals surface area (Å²) in [5.74, 6) is 0.260. The Morgan fingerprint density at radius 2 is 1.84 bits per heavy atom. The smallest absolute Gasteiger partial charge is 0.255 e. The second-order valence-electron chi connectivity index (χ2n) is 5.97. The molecule has 2 rings (SSSR count). The first-order valence-electron chi connectivity index (χ1n) is 8.32. The zero-order valence-electron chi connectivity index (χ0n) is 15.1. The molecule has 0 aliphatic rings. The third-order valence-electron chi connectivity index (χ3n) is 4.07. The van der Waals surface area contributed by atoms with Gasteiger partial charge in [-0.05, 0) is 56.2 Å². The van der Waals surface area contributed by atoms with Crippen molar-refractivity contribution in [3.63, 3.8) is 0 Å². The minimum atomic E-state index is -0.269. The maximum Gasteiger partial charge on any atom is 0.255 e. The Morgan fingerprint density at radius 3 is 2.48 bits per heavy atom. The molecule has 25 heavy (non-hydrogen) atoms. The summed E-state index contributed by atoms with van der Waals surface area (Å²) < 4.78 is 5.21. The largest absolute Gasteiger partial charge is 0.496 e.